The maximum Gasteiger partial charge on any atom is 0.258 e. The molecule has 134 valence electrons. The molecular weight excluding hydrogens is 407 g/mol. The molecule has 0 saturated carbocycles. The van der Waals surface area contributed by atoms with Crippen LogP contribution in [-0.2, 0) is 12.8 Å². The smallest absolute Gasteiger partial charge is 0.258 e. The number of carbonyl (C=O) groups is 1. The molecule has 1 aliphatic carbocycles. The van der Waals surface area contributed by atoms with Gasteiger partial charge in [0.05, 0.1) is 15.6 Å². The van der Waals surface area contributed by atoms with Crippen molar-refractivity contribution in [2.24, 2.45) is 0 Å². The first-order chi connectivity index (χ1) is 12.5. The van der Waals surface area contributed by atoms with Gasteiger partial charge in [-0.3, -0.25) is 10.1 Å². The summed E-state index contributed by atoms with van der Waals surface area (Å²) >= 11 is 18.9. The number of benzene rings is 1. The fourth-order valence-corrected chi connectivity index (χ4v) is 4.73. The van der Waals surface area contributed by atoms with Crippen LogP contribution in [0.15, 0.2) is 36.4 Å². The zero-order valence-corrected chi connectivity index (χ0v) is 17.1. The van der Waals surface area contributed by atoms with Crippen LogP contribution in [0.25, 0.3) is 6.08 Å². The molecule has 0 fully saturated rings. The number of thiophene rings is 1. The normalized spacial score (nSPS) is 12.4. The zero-order valence-electron chi connectivity index (χ0n) is 13.9. The van der Waals surface area contributed by atoms with Crippen LogP contribution in [0.1, 0.15) is 33.3 Å². The van der Waals surface area contributed by atoms with E-state index in [9.17, 15) is 4.79 Å². The molecule has 1 aromatic carbocycles. The van der Waals surface area contributed by atoms with Gasteiger partial charge in [-0.1, -0.05) is 48.4 Å². The van der Waals surface area contributed by atoms with Gasteiger partial charge in [-0.15, -0.1) is 11.3 Å². The van der Waals surface area contributed by atoms with Crippen molar-refractivity contribution in [1.82, 2.24) is 5.32 Å². The molecule has 2 N–H and O–H groups in total. The van der Waals surface area contributed by atoms with E-state index in [0.29, 0.717) is 10.6 Å². The number of halogens is 2. The van der Waals surface area contributed by atoms with Crippen LogP contribution in [0.2, 0.25) is 10.0 Å². The number of anilines is 1. The first kappa shape index (κ1) is 19.1. The maximum atomic E-state index is 12.4. The molecule has 3 nitrogen and oxygen atoms in total. The van der Waals surface area contributed by atoms with Gasteiger partial charge < -0.3 is 5.32 Å². The summed E-state index contributed by atoms with van der Waals surface area (Å²) < 4.78 is 0. The highest BCUT2D eigenvalue weighted by Crippen LogP contribution is 2.36. The van der Waals surface area contributed by atoms with Crippen molar-refractivity contribution in [2.45, 2.75) is 19.8 Å². The van der Waals surface area contributed by atoms with Gasteiger partial charge in [0, 0.05) is 9.90 Å². The van der Waals surface area contributed by atoms with E-state index < -0.39 is 0 Å². The van der Waals surface area contributed by atoms with E-state index in [1.54, 1.807) is 23.5 Å². The van der Waals surface area contributed by atoms with Crippen molar-refractivity contribution in [2.75, 3.05) is 5.32 Å². The lowest BCUT2D eigenvalue weighted by Gasteiger charge is -2.11. The number of thiocarbonyl (C=S) groups is 1. The van der Waals surface area contributed by atoms with Crippen LogP contribution in [0, 0.1) is 0 Å². The lowest BCUT2D eigenvalue weighted by molar-refractivity contribution is 0.0978. The van der Waals surface area contributed by atoms with E-state index in [-0.39, 0.29) is 16.0 Å². The summed E-state index contributed by atoms with van der Waals surface area (Å²) in [5.41, 5.74) is 2.85. The van der Waals surface area contributed by atoms with Gasteiger partial charge in [0.2, 0.25) is 0 Å². The molecule has 1 aliphatic rings. The number of nitrogens with one attached hydrogen (secondary N) is 2. The van der Waals surface area contributed by atoms with Crippen molar-refractivity contribution in [3.05, 3.63) is 68.0 Å². The van der Waals surface area contributed by atoms with Gasteiger partial charge >= 0.3 is 0 Å². The van der Waals surface area contributed by atoms with Gasteiger partial charge in [-0.05, 0) is 60.5 Å². The molecule has 0 bridgehead atoms. The van der Waals surface area contributed by atoms with Gasteiger partial charge in [-0.25, -0.2) is 0 Å². The SMILES string of the molecule is CCc1c(NC(=S)NC(=O)c2ccc(Cl)cc2Cl)sc2c1CC=CC=C2. The molecule has 3 rings (SSSR count). The third kappa shape index (κ3) is 4.18. The highest BCUT2D eigenvalue weighted by Gasteiger charge is 2.18. The molecule has 7 heteroatoms. The molecule has 26 heavy (non-hydrogen) atoms. The predicted molar refractivity (Wildman–Crippen MR) is 116 cm³/mol. The van der Waals surface area contributed by atoms with E-state index >= 15 is 0 Å². The van der Waals surface area contributed by atoms with Crippen LogP contribution in [0.3, 0.4) is 0 Å². The number of carbonyl (C=O) groups excluding carboxylic acids is 1. The van der Waals surface area contributed by atoms with E-state index in [2.05, 4.69) is 35.8 Å². The number of hydrogen-bond donors (Lipinski definition) is 2. The summed E-state index contributed by atoms with van der Waals surface area (Å²) in [6.45, 7) is 2.11. The summed E-state index contributed by atoms with van der Waals surface area (Å²) in [5.74, 6) is -0.372. The first-order valence-corrected chi connectivity index (χ1v) is 10.0. The molecule has 0 atom stereocenters. The minimum absolute atomic E-state index is 0.242. The molecule has 0 spiro atoms. The highest BCUT2D eigenvalue weighted by molar-refractivity contribution is 7.80. The average molecular weight is 423 g/mol. The fraction of sp³-hybridized carbons (Fsp3) is 0.158. The topological polar surface area (TPSA) is 41.1 Å². The third-order valence-corrected chi connectivity index (χ3v) is 5.85. The molecule has 1 amide bonds. The molecule has 1 aromatic heterocycles. The Balaban J connectivity index is 1.75. The largest absolute Gasteiger partial charge is 0.324 e. The number of allylic oxidation sites excluding steroid dienone is 3. The van der Waals surface area contributed by atoms with Gasteiger partial charge in [0.1, 0.15) is 0 Å². The molecule has 0 unspecified atom stereocenters. The quantitative estimate of drug-likeness (QED) is 0.607. The summed E-state index contributed by atoms with van der Waals surface area (Å²) in [4.78, 5) is 13.6. The Kier molecular flexibility index (Phi) is 6.14. The number of amides is 1. The first-order valence-electron chi connectivity index (χ1n) is 8.04. The minimum atomic E-state index is -0.372. The molecule has 0 saturated heterocycles. The van der Waals surface area contributed by atoms with Gasteiger partial charge in [0.25, 0.3) is 5.91 Å². The summed E-state index contributed by atoms with van der Waals surface area (Å²) in [6.07, 6.45) is 10.1. The van der Waals surface area contributed by atoms with Crippen LogP contribution >= 0.6 is 46.8 Å². The van der Waals surface area contributed by atoms with Gasteiger partial charge in [-0.2, -0.15) is 0 Å². The molecule has 2 aromatic rings. The zero-order chi connectivity index (χ0) is 18.7. The summed E-state index contributed by atoms with van der Waals surface area (Å²) in [6, 6.07) is 4.72. The van der Waals surface area contributed by atoms with Crippen molar-refractivity contribution in [1.29, 1.82) is 0 Å². The lowest BCUT2D eigenvalue weighted by atomic mass is 10.1. The van der Waals surface area contributed by atoms with Crippen molar-refractivity contribution >= 4 is 68.9 Å². The van der Waals surface area contributed by atoms with Crippen LogP contribution in [0.4, 0.5) is 5.00 Å². The van der Waals surface area contributed by atoms with Crippen molar-refractivity contribution in [3.63, 3.8) is 0 Å². The number of rotatable bonds is 3. The highest BCUT2D eigenvalue weighted by atomic mass is 35.5. The Bertz CT molecular complexity index is 932. The average Bonchev–Trinajstić information content (AvgIpc) is 2.74. The minimum Gasteiger partial charge on any atom is -0.324 e. The standard InChI is InChI=1S/C19H16Cl2N2OS2/c1-2-12-13-6-4-3-5-7-16(13)26-18(12)23-19(25)22-17(24)14-9-8-11(20)10-15(14)21/h3-5,7-10H,2,6H2,1H3,(H2,22,23,24,25). The maximum absolute atomic E-state index is 12.4. The number of fused-ring (bicyclic) bond motifs is 1. The van der Waals surface area contributed by atoms with Crippen LogP contribution < -0.4 is 10.6 Å². The van der Waals surface area contributed by atoms with Crippen LogP contribution in [-0.4, -0.2) is 11.0 Å². The Labute approximate surface area is 171 Å². The molecule has 0 aliphatic heterocycles. The van der Waals surface area contributed by atoms with E-state index in [4.69, 9.17) is 35.4 Å². The predicted octanol–water partition coefficient (Wildman–Crippen LogP) is 5.87. The van der Waals surface area contributed by atoms with E-state index in [1.165, 1.54) is 22.1 Å². The van der Waals surface area contributed by atoms with Gasteiger partial charge in [0.15, 0.2) is 5.11 Å². The monoisotopic (exact) mass is 422 g/mol. The van der Waals surface area contributed by atoms with Crippen molar-refractivity contribution in [3.8, 4) is 0 Å². The molecular formula is C19H16Cl2N2OS2. The third-order valence-electron chi connectivity index (χ3n) is 3.95. The van der Waals surface area contributed by atoms with E-state index in [1.807, 2.05) is 6.08 Å². The molecule has 0 radical (unpaired) electrons. The summed E-state index contributed by atoms with van der Waals surface area (Å²) in [7, 11) is 0. The second-order valence-electron chi connectivity index (χ2n) is 5.63. The number of hydrogen-bond acceptors (Lipinski definition) is 3. The van der Waals surface area contributed by atoms with Crippen molar-refractivity contribution < 1.29 is 4.79 Å². The summed E-state index contributed by atoms with van der Waals surface area (Å²) in [5, 5.41) is 7.80. The Morgan fingerprint density at radius 1 is 1.31 bits per heavy atom. The van der Waals surface area contributed by atoms with E-state index in [0.717, 1.165) is 17.8 Å². The molecule has 1 heterocycles. The van der Waals surface area contributed by atoms with Crippen LogP contribution in [0.5, 0.6) is 0 Å². The second kappa shape index (κ2) is 8.35. The Hall–Kier alpha value is -1.66. The Morgan fingerprint density at radius 3 is 2.85 bits per heavy atom. The lowest BCUT2D eigenvalue weighted by Crippen LogP contribution is -2.34. The second-order valence-corrected chi connectivity index (χ2v) is 7.93. The Morgan fingerprint density at radius 2 is 2.12 bits per heavy atom. The fourth-order valence-electron chi connectivity index (χ4n) is 2.74.